The molecule has 1 aromatic heterocycles. The Hall–Kier alpha value is -2.70. The van der Waals surface area contributed by atoms with Crippen molar-refractivity contribution in [3.8, 4) is 5.75 Å². The van der Waals surface area contributed by atoms with Gasteiger partial charge in [0, 0.05) is 25.4 Å². The third-order valence-electron chi connectivity index (χ3n) is 2.42. The van der Waals surface area contributed by atoms with E-state index in [1.807, 2.05) is 0 Å². The fourth-order valence-electron chi connectivity index (χ4n) is 1.69. The number of nitrogens with zero attached hydrogens (tertiary/aromatic N) is 2. The predicted octanol–water partition coefficient (Wildman–Crippen LogP) is 1.20. The number of benzene rings is 1. The number of nitrogen functional groups attached to an aromatic ring is 1. The molecule has 0 radical (unpaired) electrons. The molecule has 104 valence electrons. The molecular weight excluding hydrogens is 262 g/mol. The van der Waals surface area contributed by atoms with Crippen LogP contribution >= 0.6 is 0 Å². The molecule has 1 aromatic carbocycles. The van der Waals surface area contributed by atoms with Gasteiger partial charge >= 0.3 is 11.9 Å². The molecule has 2 N–H and O–H groups in total. The van der Waals surface area contributed by atoms with Crippen LogP contribution in [0.1, 0.15) is 19.4 Å². The van der Waals surface area contributed by atoms with Gasteiger partial charge in [-0.15, -0.1) is 0 Å². The van der Waals surface area contributed by atoms with Crippen LogP contribution in [0.4, 0.5) is 5.95 Å². The Morgan fingerprint density at radius 3 is 2.65 bits per heavy atom. The van der Waals surface area contributed by atoms with Crippen molar-refractivity contribution in [2.75, 3.05) is 5.73 Å². The van der Waals surface area contributed by atoms with Gasteiger partial charge < -0.3 is 15.2 Å². The first-order valence-corrected chi connectivity index (χ1v) is 5.82. The molecule has 0 saturated carbocycles. The van der Waals surface area contributed by atoms with E-state index in [0.717, 1.165) is 0 Å². The Kier molecular flexibility index (Phi) is 3.79. The average molecular weight is 275 g/mol. The Morgan fingerprint density at radius 2 is 2.00 bits per heavy atom. The summed E-state index contributed by atoms with van der Waals surface area (Å²) in [4.78, 5) is 29.9. The SMILES string of the molecule is CC(=O)OCc1cc(OC(C)=O)c2nc(N)ncc2c1. The highest BCUT2D eigenvalue weighted by molar-refractivity contribution is 5.87. The van der Waals surface area contributed by atoms with E-state index < -0.39 is 11.9 Å². The lowest BCUT2D eigenvalue weighted by Gasteiger charge is -2.09. The first-order chi connectivity index (χ1) is 9.45. The number of rotatable bonds is 3. The van der Waals surface area contributed by atoms with Crippen molar-refractivity contribution in [1.29, 1.82) is 0 Å². The second-order valence-electron chi connectivity index (χ2n) is 4.13. The maximum atomic E-state index is 11.1. The van der Waals surface area contributed by atoms with E-state index in [0.29, 0.717) is 16.5 Å². The molecule has 0 bridgehead atoms. The largest absolute Gasteiger partial charge is 0.461 e. The first kappa shape index (κ1) is 13.7. The summed E-state index contributed by atoms with van der Waals surface area (Å²) in [5.41, 5.74) is 6.62. The van der Waals surface area contributed by atoms with Gasteiger partial charge in [-0.25, -0.2) is 9.97 Å². The molecule has 0 aliphatic carbocycles. The average Bonchev–Trinajstić information content (AvgIpc) is 2.36. The highest BCUT2D eigenvalue weighted by atomic mass is 16.5. The molecule has 0 atom stereocenters. The Morgan fingerprint density at radius 1 is 1.25 bits per heavy atom. The monoisotopic (exact) mass is 275 g/mol. The van der Waals surface area contributed by atoms with Crippen LogP contribution in [0.2, 0.25) is 0 Å². The van der Waals surface area contributed by atoms with Crippen LogP contribution in [0.25, 0.3) is 10.9 Å². The van der Waals surface area contributed by atoms with Crippen molar-refractivity contribution >= 4 is 28.8 Å². The molecule has 0 amide bonds. The summed E-state index contributed by atoms with van der Waals surface area (Å²) in [6.45, 7) is 2.68. The summed E-state index contributed by atoms with van der Waals surface area (Å²) in [6, 6.07) is 3.32. The zero-order valence-electron chi connectivity index (χ0n) is 11.0. The number of carbonyl (C=O) groups is 2. The van der Waals surface area contributed by atoms with Gasteiger partial charge in [0.2, 0.25) is 5.95 Å². The van der Waals surface area contributed by atoms with E-state index in [4.69, 9.17) is 15.2 Å². The van der Waals surface area contributed by atoms with Crippen molar-refractivity contribution in [1.82, 2.24) is 9.97 Å². The highest BCUT2D eigenvalue weighted by Crippen LogP contribution is 2.26. The number of fused-ring (bicyclic) bond motifs is 1. The van der Waals surface area contributed by atoms with Gasteiger partial charge in [0.25, 0.3) is 0 Å². The molecule has 0 aliphatic heterocycles. The van der Waals surface area contributed by atoms with Crippen molar-refractivity contribution in [2.24, 2.45) is 0 Å². The van der Waals surface area contributed by atoms with E-state index in [2.05, 4.69) is 9.97 Å². The first-order valence-electron chi connectivity index (χ1n) is 5.82. The van der Waals surface area contributed by atoms with E-state index in [9.17, 15) is 9.59 Å². The number of nitrogens with two attached hydrogens (primary N) is 1. The number of aromatic nitrogens is 2. The van der Waals surface area contributed by atoms with Crippen LogP contribution in [0.15, 0.2) is 18.3 Å². The summed E-state index contributed by atoms with van der Waals surface area (Å²) in [6.07, 6.45) is 1.52. The smallest absolute Gasteiger partial charge is 0.308 e. The van der Waals surface area contributed by atoms with Gasteiger partial charge in [-0.05, 0) is 17.7 Å². The highest BCUT2D eigenvalue weighted by Gasteiger charge is 2.11. The molecule has 7 nitrogen and oxygen atoms in total. The maximum absolute atomic E-state index is 11.1. The molecule has 0 unspecified atom stereocenters. The fourth-order valence-corrected chi connectivity index (χ4v) is 1.69. The maximum Gasteiger partial charge on any atom is 0.308 e. The molecule has 0 aliphatic rings. The number of ether oxygens (including phenoxy) is 2. The van der Waals surface area contributed by atoms with Crippen LogP contribution in [-0.4, -0.2) is 21.9 Å². The number of esters is 2. The van der Waals surface area contributed by atoms with Crippen molar-refractivity contribution in [2.45, 2.75) is 20.5 Å². The van der Waals surface area contributed by atoms with Gasteiger partial charge in [0.15, 0.2) is 5.75 Å². The second kappa shape index (κ2) is 5.52. The minimum atomic E-state index is -0.479. The third-order valence-corrected chi connectivity index (χ3v) is 2.42. The minimum absolute atomic E-state index is 0.0733. The fraction of sp³-hybridized carbons (Fsp3) is 0.231. The van der Waals surface area contributed by atoms with Crippen molar-refractivity contribution in [3.63, 3.8) is 0 Å². The standard InChI is InChI=1S/C13H13N3O4/c1-7(17)19-6-9-3-10-5-15-13(14)16-12(10)11(4-9)20-8(2)18/h3-5H,6H2,1-2H3,(H2,14,15,16). The Bertz CT molecular complexity index is 685. The van der Waals surface area contributed by atoms with E-state index >= 15 is 0 Å². The van der Waals surface area contributed by atoms with Crippen LogP contribution in [0, 0.1) is 0 Å². The summed E-state index contributed by atoms with van der Waals surface area (Å²) in [7, 11) is 0. The lowest BCUT2D eigenvalue weighted by Crippen LogP contribution is -2.05. The van der Waals surface area contributed by atoms with Crippen LogP contribution in [0.5, 0.6) is 5.75 Å². The summed E-state index contributed by atoms with van der Waals surface area (Å²) in [5, 5.41) is 0.639. The number of hydrogen-bond donors (Lipinski definition) is 1. The molecule has 0 fully saturated rings. The Balaban J connectivity index is 2.49. The number of hydrogen-bond acceptors (Lipinski definition) is 7. The van der Waals surface area contributed by atoms with Crippen molar-refractivity contribution < 1.29 is 19.1 Å². The van der Waals surface area contributed by atoms with E-state index in [1.165, 1.54) is 20.0 Å². The second-order valence-corrected chi connectivity index (χ2v) is 4.13. The van der Waals surface area contributed by atoms with Gasteiger partial charge in [-0.1, -0.05) is 0 Å². The van der Waals surface area contributed by atoms with Gasteiger partial charge in [0.1, 0.15) is 12.1 Å². The van der Waals surface area contributed by atoms with Gasteiger partial charge in [-0.2, -0.15) is 0 Å². The molecule has 1 heterocycles. The summed E-state index contributed by atoms with van der Waals surface area (Å²) in [5.74, 6) is -0.536. The zero-order chi connectivity index (χ0) is 14.7. The van der Waals surface area contributed by atoms with Gasteiger partial charge in [-0.3, -0.25) is 9.59 Å². The van der Waals surface area contributed by atoms with Gasteiger partial charge in [0.05, 0.1) is 0 Å². The molecule has 2 rings (SSSR count). The quantitative estimate of drug-likeness (QED) is 0.662. The summed E-state index contributed by atoms with van der Waals surface area (Å²) < 4.78 is 10.0. The normalized spacial score (nSPS) is 10.3. The van der Waals surface area contributed by atoms with Crippen molar-refractivity contribution in [3.05, 3.63) is 23.9 Å². The number of anilines is 1. The molecule has 7 heteroatoms. The topological polar surface area (TPSA) is 104 Å². The molecule has 2 aromatic rings. The van der Waals surface area contributed by atoms with Crippen LogP contribution in [-0.2, 0) is 20.9 Å². The van der Waals surface area contributed by atoms with E-state index in [-0.39, 0.29) is 18.3 Å². The van der Waals surface area contributed by atoms with Crippen LogP contribution < -0.4 is 10.5 Å². The zero-order valence-corrected chi connectivity index (χ0v) is 11.0. The third kappa shape index (κ3) is 3.19. The Labute approximate surface area is 114 Å². The van der Waals surface area contributed by atoms with Crippen LogP contribution in [0.3, 0.4) is 0 Å². The molecule has 0 spiro atoms. The number of carbonyl (C=O) groups excluding carboxylic acids is 2. The summed E-state index contributed by atoms with van der Waals surface area (Å²) >= 11 is 0. The molecule has 0 saturated heterocycles. The predicted molar refractivity (Wildman–Crippen MR) is 70.7 cm³/mol. The molecule has 20 heavy (non-hydrogen) atoms. The lowest BCUT2D eigenvalue weighted by molar-refractivity contribution is -0.142. The van der Waals surface area contributed by atoms with E-state index in [1.54, 1.807) is 12.1 Å². The molecular formula is C13H13N3O4. The lowest BCUT2D eigenvalue weighted by atomic mass is 10.1. The minimum Gasteiger partial charge on any atom is -0.461 e.